The van der Waals surface area contributed by atoms with Crippen molar-refractivity contribution < 1.29 is 28.5 Å². The van der Waals surface area contributed by atoms with Gasteiger partial charge in [-0.15, -0.1) is 0 Å². The molecule has 0 spiro atoms. The Labute approximate surface area is 186 Å². The number of carbonyl (C=O) groups excluding carboxylic acids is 2. The van der Waals surface area contributed by atoms with E-state index in [4.69, 9.17) is 18.9 Å². The average Bonchev–Trinajstić information content (AvgIpc) is 2.83. The van der Waals surface area contributed by atoms with Crippen LogP contribution in [0.15, 0.2) is 60.7 Å². The van der Waals surface area contributed by atoms with Gasteiger partial charge in [0, 0.05) is 58.9 Å². The largest absolute Gasteiger partial charge is 0.497 e. The molecule has 166 valence electrons. The molecule has 3 rings (SSSR count). The predicted octanol–water partition coefficient (Wildman–Crippen LogP) is 4.23. The van der Waals surface area contributed by atoms with E-state index >= 15 is 0 Å². The van der Waals surface area contributed by atoms with Gasteiger partial charge in [-0.25, -0.2) is 0 Å². The van der Waals surface area contributed by atoms with Gasteiger partial charge < -0.3 is 29.6 Å². The second kappa shape index (κ2) is 10.2. The van der Waals surface area contributed by atoms with Gasteiger partial charge in [0.05, 0.1) is 28.4 Å². The molecule has 8 heteroatoms. The van der Waals surface area contributed by atoms with Crippen molar-refractivity contribution in [3.8, 4) is 23.0 Å². The van der Waals surface area contributed by atoms with E-state index in [2.05, 4.69) is 10.6 Å². The standard InChI is InChI=1S/C24H24N2O6/c1-29-19-9-17(10-20(13-19)30-2)25-23(27)15-5-7-16(8-6-15)24(28)26-18-11-21(31-3)14-22(12-18)32-4/h5-14H,1-4H3,(H,25,27)(H,26,28). The Morgan fingerprint density at radius 2 is 0.812 bits per heavy atom. The molecule has 0 saturated carbocycles. The molecule has 0 aliphatic rings. The third-order valence-corrected chi connectivity index (χ3v) is 4.63. The van der Waals surface area contributed by atoms with E-state index in [1.807, 2.05) is 0 Å². The molecule has 3 aromatic rings. The van der Waals surface area contributed by atoms with Gasteiger partial charge in [0.25, 0.3) is 11.8 Å². The Hall–Kier alpha value is -4.20. The van der Waals surface area contributed by atoms with Crippen LogP contribution in [-0.4, -0.2) is 40.3 Å². The molecule has 0 bridgehead atoms. The zero-order valence-electron chi connectivity index (χ0n) is 18.2. The molecule has 0 atom stereocenters. The molecule has 32 heavy (non-hydrogen) atoms. The topological polar surface area (TPSA) is 95.1 Å². The van der Waals surface area contributed by atoms with E-state index in [0.29, 0.717) is 45.5 Å². The van der Waals surface area contributed by atoms with Crippen molar-refractivity contribution in [3.63, 3.8) is 0 Å². The van der Waals surface area contributed by atoms with Crippen LogP contribution < -0.4 is 29.6 Å². The van der Waals surface area contributed by atoms with E-state index in [9.17, 15) is 9.59 Å². The van der Waals surface area contributed by atoms with E-state index in [-0.39, 0.29) is 11.8 Å². The minimum atomic E-state index is -0.329. The lowest BCUT2D eigenvalue weighted by atomic mass is 10.1. The highest BCUT2D eigenvalue weighted by atomic mass is 16.5. The van der Waals surface area contributed by atoms with Crippen molar-refractivity contribution >= 4 is 23.2 Å². The van der Waals surface area contributed by atoms with Gasteiger partial charge in [0.1, 0.15) is 23.0 Å². The fourth-order valence-corrected chi connectivity index (χ4v) is 2.94. The molecule has 8 nitrogen and oxygen atoms in total. The number of anilines is 2. The highest BCUT2D eigenvalue weighted by Crippen LogP contribution is 2.27. The minimum Gasteiger partial charge on any atom is -0.497 e. The fraction of sp³-hybridized carbons (Fsp3) is 0.167. The minimum absolute atomic E-state index is 0.329. The number of amides is 2. The molecule has 0 aliphatic heterocycles. The lowest BCUT2D eigenvalue weighted by Gasteiger charge is -2.11. The van der Waals surface area contributed by atoms with Crippen LogP contribution in [0.25, 0.3) is 0 Å². The summed E-state index contributed by atoms with van der Waals surface area (Å²) in [5.41, 5.74) is 1.85. The van der Waals surface area contributed by atoms with Crippen LogP contribution in [0.2, 0.25) is 0 Å². The number of carbonyl (C=O) groups is 2. The monoisotopic (exact) mass is 436 g/mol. The molecule has 0 fully saturated rings. The maximum Gasteiger partial charge on any atom is 0.255 e. The molecule has 0 aliphatic carbocycles. The van der Waals surface area contributed by atoms with Crippen LogP contribution in [0.5, 0.6) is 23.0 Å². The molecule has 2 N–H and O–H groups in total. The van der Waals surface area contributed by atoms with Crippen molar-refractivity contribution in [1.82, 2.24) is 0 Å². The summed E-state index contributed by atoms with van der Waals surface area (Å²) >= 11 is 0. The molecular weight excluding hydrogens is 412 g/mol. The summed E-state index contributed by atoms with van der Waals surface area (Å²) in [6.45, 7) is 0. The third kappa shape index (κ3) is 5.48. The number of nitrogens with one attached hydrogen (secondary N) is 2. The number of hydrogen-bond acceptors (Lipinski definition) is 6. The summed E-state index contributed by atoms with van der Waals surface area (Å²) in [6.07, 6.45) is 0. The first-order valence-corrected chi connectivity index (χ1v) is 9.64. The Balaban J connectivity index is 1.71. The van der Waals surface area contributed by atoms with Crippen LogP contribution in [-0.2, 0) is 0 Å². The van der Waals surface area contributed by atoms with Crippen molar-refractivity contribution in [2.75, 3.05) is 39.1 Å². The molecular formula is C24H24N2O6. The van der Waals surface area contributed by atoms with Gasteiger partial charge in [-0.05, 0) is 24.3 Å². The van der Waals surface area contributed by atoms with Crippen molar-refractivity contribution in [2.45, 2.75) is 0 Å². The molecule has 0 heterocycles. The number of benzene rings is 3. The maximum absolute atomic E-state index is 12.6. The lowest BCUT2D eigenvalue weighted by Crippen LogP contribution is -2.14. The Bertz CT molecular complexity index is 979. The van der Waals surface area contributed by atoms with Crippen LogP contribution in [0.4, 0.5) is 11.4 Å². The van der Waals surface area contributed by atoms with Gasteiger partial charge in [0.2, 0.25) is 0 Å². The SMILES string of the molecule is COc1cc(NC(=O)c2ccc(C(=O)Nc3cc(OC)cc(OC)c3)cc2)cc(OC)c1. The van der Waals surface area contributed by atoms with Crippen LogP contribution in [0.1, 0.15) is 20.7 Å². The van der Waals surface area contributed by atoms with Crippen LogP contribution in [0.3, 0.4) is 0 Å². The number of hydrogen-bond donors (Lipinski definition) is 2. The average molecular weight is 436 g/mol. The molecule has 0 saturated heterocycles. The number of ether oxygens (including phenoxy) is 4. The molecule has 0 aromatic heterocycles. The summed E-state index contributed by atoms with van der Waals surface area (Å²) in [4.78, 5) is 25.2. The van der Waals surface area contributed by atoms with E-state index in [1.165, 1.54) is 28.4 Å². The van der Waals surface area contributed by atoms with Gasteiger partial charge in [-0.3, -0.25) is 9.59 Å². The van der Waals surface area contributed by atoms with Crippen molar-refractivity contribution in [1.29, 1.82) is 0 Å². The summed E-state index contributed by atoms with van der Waals surface area (Å²) in [5.74, 6) is 1.57. The summed E-state index contributed by atoms with van der Waals surface area (Å²) in [5, 5.41) is 5.59. The number of rotatable bonds is 8. The van der Waals surface area contributed by atoms with Crippen molar-refractivity contribution in [3.05, 3.63) is 71.8 Å². The molecule has 2 amide bonds. The predicted molar refractivity (Wildman–Crippen MR) is 121 cm³/mol. The summed E-state index contributed by atoms with van der Waals surface area (Å²) in [6, 6.07) is 16.5. The first kappa shape index (κ1) is 22.5. The van der Waals surface area contributed by atoms with Crippen molar-refractivity contribution in [2.24, 2.45) is 0 Å². The van der Waals surface area contributed by atoms with Gasteiger partial charge in [-0.2, -0.15) is 0 Å². The first-order valence-electron chi connectivity index (χ1n) is 9.64. The highest BCUT2D eigenvalue weighted by molar-refractivity contribution is 6.07. The maximum atomic E-state index is 12.6. The van der Waals surface area contributed by atoms with Crippen LogP contribution >= 0.6 is 0 Å². The Kier molecular flexibility index (Phi) is 7.17. The fourth-order valence-electron chi connectivity index (χ4n) is 2.94. The summed E-state index contributed by atoms with van der Waals surface area (Å²) < 4.78 is 20.9. The molecule has 0 radical (unpaired) electrons. The van der Waals surface area contributed by atoms with E-state index in [0.717, 1.165) is 0 Å². The third-order valence-electron chi connectivity index (χ3n) is 4.63. The molecule has 3 aromatic carbocycles. The Morgan fingerprint density at radius 1 is 0.531 bits per heavy atom. The second-order valence-electron chi connectivity index (χ2n) is 6.69. The van der Waals surface area contributed by atoms with E-state index in [1.54, 1.807) is 60.7 Å². The zero-order chi connectivity index (χ0) is 23.1. The molecule has 0 unspecified atom stereocenters. The van der Waals surface area contributed by atoms with Gasteiger partial charge in [-0.1, -0.05) is 0 Å². The van der Waals surface area contributed by atoms with Gasteiger partial charge in [0.15, 0.2) is 0 Å². The van der Waals surface area contributed by atoms with E-state index < -0.39 is 0 Å². The zero-order valence-corrected chi connectivity index (χ0v) is 18.2. The van der Waals surface area contributed by atoms with Gasteiger partial charge >= 0.3 is 0 Å². The highest BCUT2D eigenvalue weighted by Gasteiger charge is 2.12. The lowest BCUT2D eigenvalue weighted by molar-refractivity contribution is 0.101. The smallest absolute Gasteiger partial charge is 0.255 e. The van der Waals surface area contributed by atoms with Crippen LogP contribution in [0, 0.1) is 0 Å². The quantitative estimate of drug-likeness (QED) is 0.549. The number of methoxy groups -OCH3 is 4. The Morgan fingerprint density at radius 3 is 1.06 bits per heavy atom. The normalized spacial score (nSPS) is 10.1. The summed E-state index contributed by atoms with van der Waals surface area (Å²) in [7, 11) is 6.13. The second-order valence-corrected chi connectivity index (χ2v) is 6.69. The first-order chi connectivity index (χ1) is 15.4.